The van der Waals surface area contributed by atoms with E-state index < -0.39 is 15.1 Å². The second kappa shape index (κ2) is 5.53. The Balaban J connectivity index is 0. The van der Waals surface area contributed by atoms with Crippen LogP contribution in [0, 0.1) is 0 Å². The molecule has 0 aliphatic heterocycles. The molecule has 9 heteroatoms. The van der Waals surface area contributed by atoms with Crippen LogP contribution in [0.1, 0.15) is 0 Å². The fourth-order valence-corrected chi connectivity index (χ4v) is 0. The van der Waals surface area contributed by atoms with Crippen LogP contribution in [0.25, 0.3) is 0 Å². The highest BCUT2D eigenvalue weighted by molar-refractivity contribution is 6.48. The van der Waals surface area contributed by atoms with Crippen molar-refractivity contribution in [3.63, 3.8) is 0 Å². The molecule has 0 unspecified atom stereocenters. The molecule has 0 fully saturated rings. The van der Waals surface area contributed by atoms with Crippen LogP contribution in [-0.4, -0.2) is 59.0 Å². The van der Waals surface area contributed by atoms with Crippen LogP contribution < -0.4 is 5.32 Å². The van der Waals surface area contributed by atoms with Crippen molar-refractivity contribution in [1.82, 2.24) is 5.32 Å². The third-order valence-corrected chi connectivity index (χ3v) is 1.16. The van der Waals surface area contributed by atoms with E-state index >= 15 is 0 Å². The van der Waals surface area contributed by atoms with Gasteiger partial charge in [0.2, 0.25) is 0 Å². The van der Waals surface area contributed by atoms with Crippen molar-refractivity contribution in [1.29, 1.82) is 0 Å². The van der Waals surface area contributed by atoms with Crippen molar-refractivity contribution in [3.05, 3.63) is 0 Å². The zero-order valence-corrected chi connectivity index (χ0v) is 7.59. The molecule has 0 saturated heterocycles. The third kappa shape index (κ3) is 22.5. The molecule has 0 spiro atoms. The lowest BCUT2D eigenvalue weighted by Gasteiger charge is -2.09. The Labute approximate surface area is 69.8 Å². The van der Waals surface area contributed by atoms with Crippen molar-refractivity contribution >= 4 is 9.05 Å². The minimum absolute atomic E-state index is 1.02. The van der Waals surface area contributed by atoms with Gasteiger partial charge in [-0.1, -0.05) is 0 Å². The lowest BCUT2D eigenvalue weighted by molar-refractivity contribution is -0.328. The van der Waals surface area contributed by atoms with E-state index in [0.717, 1.165) is 7.11 Å². The Morgan fingerprint density at radius 3 is 1.33 bits per heavy atom. The van der Waals surface area contributed by atoms with Crippen LogP contribution in [-0.2, 0) is 4.43 Å². The summed E-state index contributed by atoms with van der Waals surface area (Å²) in [7, 11) is -1.90. The smallest absolute Gasteiger partial charge is 0.368 e. The van der Waals surface area contributed by atoms with Gasteiger partial charge in [0.1, 0.15) is 0 Å². The van der Waals surface area contributed by atoms with Gasteiger partial charge in [0.15, 0.2) is 0 Å². The van der Waals surface area contributed by atoms with Crippen LogP contribution in [0.5, 0.6) is 0 Å². The van der Waals surface area contributed by atoms with E-state index in [1.165, 1.54) is 7.05 Å². The Hall–Kier alpha value is -0.103. The lowest BCUT2D eigenvalue weighted by Crippen LogP contribution is -2.41. The average molecular weight is 203 g/mol. The zero-order chi connectivity index (χ0) is 10.4. The normalized spacial score (nSPS) is 12.0. The first kappa shape index (κ1) is 14.4. The van der Waals surface area contributed by atoms with Gasteiger partial charge in [-0.05, 0) is 7.05 Å². The van der Waals surface area contributed by atoms with E-state index in [-0.39, 0.29) is 0 Å². The number of hydrogen-bond donors (Lipinski definition) is 7. The first-order chi connectivity index (χ1) is 5.12. The highest BCUT2D eigenvalue weighted by Crippen LogP contribution is 1.80. The van der Waals surface area contributed by atoms with E-state index in [1.54, 1.807) is 5.32 Å². The summed E-state index contributed by atoms with van der Waals surface area (Å²) in [5, 5.41) is 25.3. The van der Waals surface area contributed by atoms with Gasteiger partial charge in [0.25, 0.3) is 0 Å². The molecule has 7 N–H and O–H groups in total. The molecular formula is C3H13NO7Si. The maximum absolute atomic E-state index is 7.85. The third-order valence-electron chi connectivity index (χ3n) is 0.609. The molecule has 76 valence electrons. The molecule has 0 aromatic rings. The Bertz CT molecular complexity index is 92.2. The molecule has 0 saturated carbocycles. The minimum Gasteiger partial charge on any atom is -0.368 e. The molecule has 0 rings (SSSR count). The fraction of sp³-hybridized carbons (Fsp3) is 1.00. The molecular weight excluding hydrogens is 190 g/mol. The Morgan fingerprint density at radius 1 is 1.17 bits per heavy atom. The highest BCUT2D eigenvalue weighted by Gasteiger charge is 2.27. The van der Waals surface area contributed by atoms with Gasteiger partial charge in [0, 0.05) is 7.11 Å². The molecule has 12 heavy (non-hydrogen) atoms. The quantitative estimate of drug-likeness (QED) is 0.177. The minimum atomic E-state index is -4.13. The van der Waals surface area contributed by atoms with Gasteiger partial charge in [-0.2, -0.15) is 0 Å². The van der Waals surface area contributed by atoms with E-state index in [0.29, 0.717) is 0 Å². The number of aliphatic hydroxyl groups is 3. The van der Waals surface area contributed by atoms with Gasteiger partial charge in [-0.25, -0.2) is 5.32 Å². The summed E-state index contributed by atoms with van der Waals surface area (Å²) >= 11 is 0. The summed E-state index contributed by atoms with van der Waals surface area (Å²) in [4.78, 5) is 23.6. The van der Waals surface area contributed by atoms with Crippen LogP contribution in [0.4, 0.5) is 0 Å². The number of nitrogens with one attached hydrogen (secondary N) is 1. The SMILES string of the molecule is CNC(O)(O)O.CO[Si](O)(O)O. The molecule has 0 aromatic carbocycles. The van der Waals surface area contributed by atoms with Crippen LogP contribution in [0.3, 0.4) is 0 Å². The van der Waals surface area contributed by atoms with E-state index in [4.69, 9.17) is 29.7 Å². The molecule has 0 aliphatic rings. The maximum atomic E-state index is 7.85. The van der Waals surface area contributed by atoms with Gasteiger partial charge in [-0.15, -0.1) is 0 Å². The predicted octanol–water partition coefficient (Wildman–Crippen LogP) is -4.16. The lowest BCUT2D eigenvalue weighted by atomic mass is 10.9. The number of rotatable bonds is 2. The van der Waals surface area contributed by atoms with Crippen LogP contribution in [0.2, 0.25) is 0 Å². The standard InChI is InChI=1S/C2H7NO3.CH6O4Si/c1-3-2(4,5)6;1-5-6(2,3)4/h3-6H,1H3;2-4H,1H3. The van der Waals surface area contributed by atoms with Gasteiger partial charge in [0.05, 0.1) is 0 Å². The summed E-state index contributed by atoms with van der Waals surface area (Å²) in [6.45, 7) is 0. The largest absolute Gasteiger partial charge is 0.671 e. The monoisotopic (exact) mass is 203 g/mol. The van der Waals surface area contributed by atoms with E-state index in [2.05, 4.69) is 4.43 Å². The van der Waals surface area contributed by atoms with Gasteiger partial charge >= 0.3 is 15.1 Å². The predicted molar refractivity (Wildman–Crippen MR) is 37.9 cm³/mol. The summed E-state index contributed by atoms with van der Waals surface area (Å²) in [6, 6.07) is 0. The molecule has 0 aromatic heterocycles. The molecule has 0 heterocycles. The van der Waals surface area contributed by atoms with Crippen molar-refractivity contribution in [2.24, 2.45) is 0 Å². The summed E-state index contributed by atoms with van der Waals surface area (Å²) in [6.07, 6.45) is -2.71. The van der Waals surface area contributed by atoms with Crippen LogP contribution in [0.15, 0.2) is 0 Å². The Kier molecular flexibility index (Phi) is 6.64. The number of hydrogen-bond acceptors (Lipinski definition) is 8. The molecule has 0 aliphatic carbocycles. The summed E-state index contributed by atoms with van der Waals surface area (Å²) in [5.74, 6) is 0. The van der Waals surface area contributed by atoms with E-state index in [1.807, 2.05) is 0 Å². The van der Waals surface area contributed by atoms with Crippen molar-refractivity contribution in [3.8, 4) is 0 Å². The average Bonchev–Trinajstić information content (AvgIpc) is 1.86. The Morgan fingerprint density at radius 2 is 1.33 bits per heavy atom. The van der Waals surface area contributed by atoms with E-state index in [9.17, 15) is 0 Å². The first-order valence-electron chi connectivity index (χ1n) is 2.70. The molecule has 0 radical (unpaired) electrons. The van der Waals surface area contributed by atoms with Gasteiger partial charge < -0.3 is 34.1 Å². The maximum Gasteiger partial charge on any atom is 0.671 e. The second-order valence-corrected chi connectivity index (χ2v) is 3.22. The molecule has 0 bridgehead atoms. The first-order valence-corrected chi connectivity index (χ1v) is 4.45. The van der Waals surface area contributed by atoms with Gasteiger partial charge in [-0.3, -0.25) is 0 Å². The molecule has 0 amide bonds. The van der Waals surface area contributed by atoms with Crippen molar-refractivity contribution in [2.75, 3.05) is 14.2 Å². The van der Waals surface area contributed by atoms with Crippen LogP contribution >= 0.6 is 0 Å². The molecule has 8 nitrogen and oxygen atoms in total. The molecule has 0 atom stereocenters. The highest BCUT2D eigenvalue weighted by atomic mass is 28.4. The van der Waals surface area contributed by atoms with Crippen molar-refractivity contribution < 1.29 is 34.1 Å². The fourth-order valence-electron chi connectivity index (χ4n) is 0. The van der Waals surface area contributed by atoms with Crippen molar-refractivity contribution in [2.45, 2.75) is 6.10 Å². The zero-order valence-electron chi connectivity index (χ0n) is 6.59. The summed E-state index contributed by atoms with van der Waals surface area (Å²) < 4.78 is 3.74. The summed E-state index contributed by atoms with van der Waals surface area (Å²) in [5.41, 5.74) is 0. The topological polar surface area (TPSA) is 143 Å². The second-order valence-electron chi connectivity index (χ2n) is 1.66.